The molecular formula is C17H17N3O3S. The smallest absolute Gasteiger partial charge is 0.240 e. The maximum absolute atomic E-state index is 12.3. The first kappa shape index (κ1) is 16.4. The molecule has 3 aromatic rings. The minimum Gasteiger partial charge on any atom is -0.342 e. The predicted molar refractivity (Wildman–Crippen MR) is 91.3 cm³/mol. The quantitative estimate of drug-likeness (QED) is 0.696. The third-order valence-electron chi connectivity index (χ3n) is 3.70. The molecule has 0 amide bonds. The number of benzene rings is 2. The lowest BCUT2D eigenvalue weighted by atomic mass is 10.2. The number of nitrogens with one attached hydrogen (secondary N) is 2. The van der Waals surface area contributed by atoms with Crippen LogP contribution in [0.25, 0.3) is 11.0 Å². The summed E-state index contributed by atoms with van der Waals surface area (Å²) in [6, 6.07) is 11.4. The fourth-order valence-corrected chi connectivity index (χ4v) is 3.44. The number of aryl methyl sites for hydroxylation is 1. The molecule has 0 atom stereocenters. The number of aromatic nitrogens is 2. The molecule has 0 unspecified atom stereocenters. The van der Waals surface area contributed by atoms with E-state index in [0.29, 0.717) is 5.56 Å². The van der Waals surface area contributed by atoms with Gasteiger partial charge >= 0.3 is 0 Å². The molecule has 0 aliphatic heterocycles. The largest absolute Gasteiger partial charge is 0.342 e. The normalized spacial score (nSPS) is 11.8. The third kappa shape index (κ3) is 3.37. The van der Waals surface area contributed by atoms with Gasteiger partial charge in [0.2, 0.25) is 10.0 Å². The van der Waals surface area contributed by atoms with Crippen LogP contribution >= 0.6 is 0 Å². The van der Waals surface area contributed by atoms with Crippen LogP contribution in [0.2, 0.25) is 0 Å². The first-order valence-corrected chi connectivity index (χ1v) is 8.89. The van der Waals surface area contributed by atoms with E-state index in [1.54, 1.807) is 0 Å². The lowest BCUT2D eigenvalue weighted by Gasteiger charge is -2.07. The number of aromatic amines is 1. The van der Waals surface area contributed by atoms with E-state index in [2.05, 4.69) is 14.7 Å². The van der Waals surface area contributed by atoms with Crippen molar-refractivity contribution in [2.45, 2.75) is 25.3 Å². The number of hydrogen-bond acceptors (Lipinski definition) is 4. The Morgan fingerprint density at radius 1 is 1.17 bits per heavy atom. The number of imidazole rings is 1. The molecule has 1 aromatic heterocycles. The summed E-state index contributed by atoms with van der Waals surface area (Å²) in [5.41, 5.74) is 3.03. The van der Waals surface area contributed by atoms with Crippen molar-refractivity contribution in [3.63, 3.8) is 0 Å². The van der Waals surface area contributed by atoms with Gasteiger partial charge in [0.1, 0.15) is 5.82 Å². The van der Waals surface area contributed by atoms with Crippen LogP contribution in [-0.2, 0) is 16.6 Å². The van der Waals surface area contributed by atoms with Crippen molar-refractivity contribution >= 4 is 26.8 Å². The second-order valence-corrected chi connectivity index (χ2v) is 7.35. The summed E-state index contributed by atoms with van der Waals surface area (Å²) in [6.45, 7) is 3.48. The second-order valence-electron chi connectivity index (χ2n) is 5.58. The standard InChI is InChI=1S/C17H17N3O3S/c1-11(21)14-4-6-15(7-5-14)24(22,23)18-10-13-3-8-16-17(9-13)20-12(2)19-16/h3-9,18H,10H2,1-2H3,(H,19,20). The number of H-pyrrole nitrogens is 1. The number of Topliss-reactive ketones (excluding diaryl/α,β-unsaturated/α-hetero) is 1. The van der Waals surface area contributed by atoms with Crippen LogP contribution in [0.1, 0.15) is 28.7 Å². The van der Waals surface area contributed by atoms with Crippen molar-refractivity contribution in [2.24, 2.45) is 0 Å². The average Bonchev–Trinajstić information content (AvgIpc) is 2.92. The van der Waals surface area contributed by atoms with Crippen LogP contribution < -0.4 is 4.72 Å². The van der Waals surface area contributed by atoms with Gasteiger partial charge in [-0.2, -0.15) is 0 Å². The van der Waals surface area contributed by atoms with Gasteiger partial charge in [0.05, 0.1) is 15.9 Å². The number of nitrogens with zero attached hydrogens (tertiary/aromatic N) is 1. The minimum atomic E-state index is -3.64. The zero-order chi connectivity index (χ0) is 17.3. The van der Waals surface area contributed by atoms with Gasteiger partial charge in [-0.1, -0.05) is 18.2 Å². The molecule has 124 valence electrons. The summed E-state index contributed by atoms with van der Waals surface area (Å²) in [7, 11) is -3.64. The molecule has 0 fully saturated rings. The number of sulfonamides is 1. The van der Waals surface area contributed by atoms with Gasteiger partial charge in [0.25, 0.3) is 0 Å². The van der Waals surface area contributed by atoms with E-state index in [1.165, 1.54) is 31.2 Å². The first-order valence-electron chi connectivity index (χ1n) is 7.41. The Hall–Kier alpha value is -2.51. The van der Waals surface area contributed by atoms with Crippen LogP contribution in [0.3, 0.4) is 0 Å². The molecule has 7 heteroatoms. The summed E-state index contributed by atoms with van der Waals surface area (Å²) < 4.78 is 27.2. The summed E-state index contributed by atoms with van der Waals surface area (Å²) >= 11 is 0. The predicted octanol–water partition coefficient (Wildman–Crippen LogP) is 2.55. The highest BCUT2D eigenvalue weighted by molar-refractivity contribution is 7.89. The van der Waals surface area contributed by atoms with Gasteiger partial charge in [0, 0.05) is 12.1 Å². The summed E-state index contributed by atoms with van der Waals surface area (Å²) in [5.74, 6) is 0.711. The Kier molecular flexibility index (Phi) is 4.21. The van der Waals surface area contributed by atoms with Crippen molar-refractivity contribution in [1.29, 1.82) is 0 Å². The monoisotopic (exact) mass is 343 g/mol. The highest BCUT2D eigenvalue weighted by Crippen LogP contribution is 2.15. The van der Waals surface area contributed by atoms with Gasteiger partial charge in [-0.05, 0) is 43.7 Å². The summed E-state index contributed by atoms with van der Waals surface area (Å²) in [6.07, 6.45) is 0. The van der Waals surface area contributed by atoms with E-state index in [4.69, 9.17) is 0 Å². The lowest BCUT2D eigenvalue weighted by molar-refractivity contribution is 0.101. The van der Waals surface area contributed by atoms with Crippen molar-refractivity contribution in [3.05, 3.63) is 59.4 Å². The first-order chi connectivity index (χ1) is 11.3. The van der Waals surface area contributed by atoms with Crippen molar-refractivity contribution in [2.75, 3.05) is 0 Å². The van der Waals surface area contributed by atoms with E-state index in [1.807, 2.05) is 25.1 Å². The molecule has 1 heterocycles. The highest BCUT2D eigenvalue weighted by atomic mass is 32.2. The maximum Gasteiger partial charge on any atom is 0.240 e. The number of rotatable bonds is 5. The van der Waals surface area contributed by atoms with E-state index in [0.717, 1.165) is 22.4 Å². The van der Waals surface area contributed by atoms with E-state index in [-0.39, 0.29) is 17.2 Å². The molecule has 0 radical (unpaired) electrons. The molecule has 0 aliphatic carbocycles. The molecule has 3 rings (SSSR count). The molecular weight excluding hydrogens is 326 g/mol. The van der Waals surface area contributed by atoms with Crippen LogP contribution in [0.15, 0.2) is 47.4 Å². The zero-order valence-corrected chi connectivity index (χ0v) is 14.1. The van der Waals surface area contributed by atoms with E-state index in [9.17, 15) is 13.2 Å². The molecule has 0 aliphatic rings. The summed E-state index contributed by atoms with van der Waals surface area (Å²) in [4.78, 5) is 18.8. The third-order valence-corrected chi connectivity index (χ3v) is 5.12. The second kappa shape index (κ2) is 6.18. The molecule has 6 nitrogen and oxygen atoms in total. The van der Waals surface area contributed by atoms with Gasteiger partial charge in [0.15, 0.2) is 5.78 Å². The SMILES string of the molecule is CC(=O)c1ccc(S(=O)(=O)NCc2ccc3nc(C)[nH]c3c2)cc1. The Bertz CT molecular complexity index is 1010. The lowest BCUT2D eigenvalue weighted by Crippen LogP contribution is -2.23. The fourth-order valence-electron chi connectivity index (χ4n) is 2.42. The molecule has 24 heavy (non-hydrogen) atoms. The van der Waals surface area contributed by atoms with Crippen molar-refractivity contribution < 1.29 is 13.2 Å². The molecule has 0 bridgehead atoms. The van der Waals surface area contributed by atoms with Crippen LogP contribution in [-0.4, -0.2) is 24.2 Å². The minimum absolute atomic E-state index is 0.102. The number of ketones is 1. The maximum atomic E-state index is 12.3. The fraction of sp³-hybridized carbons (Fsp3) is 0.176. The van der Waals surface area contributed by atoms with Gasteiger partial charge in [-0.3, -0.25) is 4.79 Å². The zero-order valence-electron chi connectivity index (χ0n) is 13.3. The molecule has 2 aromatic carbocycles. The summed E-state index contributed by atoms with van der Waals surface area (Å²) in [5, 5.41) is 0. The van der Waals surface area contributed by atoms with E-state index < -0.39 is 10.0 Å². The van der Waals surface area contributed by atoms with Gasteiger partial charge in [-0.15, -0.1) is 0 Å². The average molecular weight is 343 g/mol. The number of carbonyl (C=O) groups is 1. The highest BCUT2D eigenvalue weighted by Gasteiger charge is 2.14. The molecule has 2 N–H and O–H groups in total. The van der Waals surface area contributed by atoms with Crippen LogP contribution in [0.5, 0.6) is 0 Å². The Labute approximate surface area is 140 Å². The van der Waals surface area contributed by atoms with Crippen molar-refractivity contribution in [3.8, 4) is 0 Å². The Morgan fingerprint density at radius 3 is 2.54 bits per heavy atom. The van der Waals surface area contributed by atoms with Crippen LogP contribution in [0, 0.1) is 6.92 Å². The number of fused-ring (bicyclic) bond motifs is 1. The van der Waals surface area contributed by atoms with Crippen LogP contribution in [0.4, 0.5) is 0 Å². The number of hydrogen-bond donors (Lipinski definition) is 2. The van der Waals surface area contributed by atoms with Gasteiger partial charge < -0.3 is 4.98 Å². The number of carbonyl (C=O) groups excluding carboxylic acids is 1. The van der Waals surface area contributed by atoms with E-state index >= 15 is 0 Å². The Balaban J connectivity index is 1.77. The molecule has 0 spiro atoms. The topological polar surface area (TPSA) is 91.9 Å². The molecule has 0 saturated heterocycles. The Morgan fingerprint density at radius 2 is 1.88 bits per heavy atom. The van der Waals surface area contributed by atoms with Gasteiger partial charge in [-0.25, -0.2) is 18.1 Å². The molecule has 0 saturated carbocycles. The van der Waals surface area contributed by atoms with Crippen molar-refractivity contribution in [1.82, 2.24) is 14.7 Å².